The number of anilines is 1. The Morgan fingerprint density at radius 3 is 2.52 bits per heavy atom. The highest BCUT2D eigenvalue weighted by Gasteiger charge is 2.15. The first-order chi connectivity index (χ1) is 14.7. The number of sulfonamides is 1. The van der Waals surface area contributed by atoms with Gasteiger partial charge in [0.2, 0.25) is 15.9 Å². The van der Waals surface area contributed by atoms with Crippen LogP contribution in [0.2, 0.25) is 0 Å². The zero-order chi connectivity index (χ0) is 22.9. The average molecular weight is 466 g/mol. The first-order valence-corrected chi connectivity index (χ1v) is 11.9. The van der Waals surface area contributed by atoms with Crippen molar-refractivity contribution >= 4 is 39.1 Å². The normalized spacial score (nSPS) is 11.0. The number of rotatable bonds is 12. The number of amides is 1. The number of nitrogens with one attached hydrogen (secondary N) is 2. The zero-order valence-electron chi connectivity index (χ0n) is 16.9. The summed E-state index contributed by atoms with van der Waals surface area (Å²) in [6.07, 6.45) is 1.46. The number of carbonyl (C=O) groups is 1. The van der Waals surface area contributed by atoms with E-state index in [1.54, 1.807) is 30.3 Å². The molecule has 0 heterocycles. The van der Waals surface area contributed by atoms with Gasteiger partial charge in [-0.1, -0.05) is 24.3 Å². The van der Waals surface area contributed by atoms with E-state index < -0.39 is 14.9 Å². The fourth-order valence-electron chi connectivity index (χ4n) is 2.57. The van der Waals surface area contributed by atoms with Crippen LogP contribution in [0.1, 0.15) is 11.1 Å². The van der Waals surface area contributed by atoms with E-state index in [2.05, 4.69) is 16.6 Å². The number of thioether (sulfide) groups is 1. The number of ether oxygens (including phenoxy) is 1. The van der Waals surface area contributed by atoms with Crippen LogP contribution in [0.4, 0.5) is 11.4 Å². The van der Waals surface area contributed by atoms with Crippen LogP contribution < -0.4 is 14.8 Å². The van der Waals surface area contributed by atoms with Crippen LogP contribution >= 0.6 is 11.8 Å². The van der Waals surface area contributed by atoms with Crippen LogP contribution in [0.25, 0.3) is 0 Å². The molecular formula is C20H23N3O6S2. The van der Waals surface area contributed by atoms with E-state index in [9.17, 15) is 23.3 Å². The molecule has 0 saturated heterocycles. The average Bonchev–Trinajstić information content (AvgIpc) is 2.73. The summed E-state index contributed by atoms with van der Waals surface area (Å²) in [6, 6.07) is 11.2. The molecule has 0 radical (unpaired) electrons. The molecule has 1 amide bonds. The molecule has 0 bridgehead atoms. The van der Waals surface area contributed by atoms with Gasteiger partial charge in [-0.2, -0.15) is 0 Å². The standard InChI is InChI=1S/C20H23N3O6S2/c1-3-10-21-31(27,28)14-15-4-7-17(8-5-15)22-20(24)13-30-12-16-6-9-19(29-2)18(11-16)23(25)26/h3-9,11,21H,1,10,12-14H2,2H3,(H,22,24). The van der Waals surface area contributed by atoms with Crippen LogP contribution in [-0.2, 0) is 26.3 Å². The van der Waals surface area contributed by atoms with E-state index >= 15 is 0 Å². The molecule has 0 fully saturated rings. The number of nitro benzene ring substituents is 1. The monoisotopic (exact) mass is 465 g/mol. The van der Waals surface area contributed by atoms with E-state index in [-0.39, 0.29) is 35.4 Å². The predicted octanol–water partition coefficient (Wildman–Crippen LogP) is 3.08. The number of nitro groups is 1. The summed E-state index contributed by atoms with van der Waals surface area (Å²) in [7, 11) is -2.08. The lowest BCUT2D eigenvalue weighted by atomic mass is 10.2. The summed E-state index contributed by atoms with van der Waals surface area (Å²) in [5.74, 6) is 0.359. The quantitative estimate of drug-likeness (QED) is 0.280. The van der Waals surface area contributed by atoms with Crippen LogP contribution in [-0.4, -0.2) is 38.7 Å². The lowest BCUT2D eigenvalue weighted by Gasteiger charge is -2.08. The SMILES string of the molecule is C=CCNS(=O)(=O)Cc1ccc(NC(=O)CSCc2ccc(OC)c([N+](=O)[O-])c2)cc1. The van der Waals surface area contributed by atoms with Crippen LogP contribution in [0, 0.1) is 10.1 Å². The molecule has 0 spiro atoms. The van der Waals surface area contributed by atoms with E-state index in [1.165, 1.54) is 37.1 Å². The summed E-state index contributed by atoms with van der Waals surface area (Å²) < 4.78 is 31.1. The van der Waals surface area contributed by atoms with Crippen molar-refractivity contribution in [2.45, 2.75) is 11.5 Å². The van der Waals surface area contributed by atoms with Crippen molar-refractivity contribution in [1.82, 2.24) is 4.72 Å². The van der Waals surface area contributed by atoms with Crippen molar-refractivity contribution < 1.29 is 22.9 Å². The molecule has 9 nitrogen and oxygen atoms in total. The van der Waals surface area contributed by atoms with Gasteiger partial charge in [-0.25, -0.2) is 13.1 Å². The molecule has 2 N–H and O–H groups in total. The smallest absolute Gasteiger partial charge is 0.311 e. The minimum absolute atomic E-state index is 0.119. The highest BCUT2D eigenvalue weighted by molar-refractivity contribution is 7.99. The van der Waals surface area contributed by atoms with Gasteiger partial charge in [0.05, 0.1) is 23.5 Å². The molecule has 0 atom stereocenters. The van der Waals surface area contributed by atoms with E-state index in [0.717, 1.165) is 0 Å². The Labute approximate surface area is 185 Å². The second-order valence-corrected chi connectivity index (χ2v) is 9.19. The van der Waals surface area contributed by atoms with Crippen molar-refractivity contribution in [3.63, 3.8) is 0 Å². The van der Waals surface area contributed by atoms with Crippen molar-refractivity contribution in [3.8, 4) is 5.75 Å². The highest BCUT2D eigenvalue weighted by atomic mass is 32.2. The molecule has 0 aliphatic heterocycles. The Morgan fingerprint density at radius 1 is 1.23 bits per heavy atom. The molecule has 0 unspecified atom stereocenters. The second-order valence-electron chi connectivity index (χ2n) is 6.40. The number of methoxy groups -OCH3 is 1. The largest absolute Gasteiger partial charge is 0.490 e. The molecular weight excluding hydrogens is 442 g/mol. The predicted molar refractivity (Wildman–Crippen MR) is 122 cm³/mol. The maximum absolute atomic E-state index is 12.1. The number of carbonyl (C=O) groups excluding carboxylic acids is 1. The van der Waals surface area contributed by atoms with E-state index in [4.69, 9.17) is 4.74 Å². The maximum Gasteiger partial charge on any atom is 0.311 e. The fourth-order valence-corrected chi connectivity index (χ4v) is 4.45. The van der Waals surface area contributed by atoms with Crippen molar-refractivity contribution in [1.29, 1.82) is 0 Å². The number of hydrogen-bond donors (Lipinski definition) is 2. The van der Waals surface area contributed by atoms with Crippen LogP contribution in [0.5, 0.6) is 5.75 Å². The number of benzene rings is 2. The van der Waals surface area contributed by atoms with E-state index in [1.807, 2.05) is 0 Å². The van der Waals surface area contributed by atoms with Gasteiger partial charge in [0.1, 0.15) is 0 Å². The minimum atomic E-state index is -3.45. The van der Waals surface area contributed by atoms with Gasteiger partial charge >= 0.3 is 5.69 Å². The third-order valence-corrected chi connectivity index (χ3v) is 6.31. The molecule has 2 aromatic rings. The Morgan fingerprint density at radius 2 is 1.90 bits per heavy atom. The lowest BCUT2D eigenvalue weighted by molar-refractivity contribution is -0.385. The summed E-state index contributed by atoms with van der Waals surface area (Å²) in [5.41, 5.74) is 1.73. The van der Waals surface area contributed by atoms with Gasteiger partial charge in [0, 0.05) is 24.1 Å². The van der Waals surface area contributed by atoms with Gasteiger partial charge in [-0.15, -0.1) is 18.3 Å². The minimum Gasteiger partial charge on any atom is -0.490 e. The molecule has 2 rings (SSSR count). The molecule has 2 aromatic carbocycles. The van der Waals surface area contributed by atoms with Crippen LogP contribution in [0.15, 0.2) is 55.1 Å². The summed E-state index contributed by atoms with van der Waals surface area (Å²) in [6.45, 7) is 3.63. The molecule has 0 aliphatic rings. The van der Waals surface area contributed by atoms with Gasteiger partial charge in [-0.3, -0.25) is 14.9 Å². The zero-order valence-corrected chi connectivity index (χ0v) is 18.5. The number of hydrogen-bond acceptors (Lipinski definition) is 7. The Balaban J connectivity index is 1.84. The van der Waals surface area contributed by atoms with Gasteiger partial charge in [0.25, 0.3) is 0 Å². The topological polar surface area (TPSA) is 128 Å². The summed E-state index contributed by atoms with van der Waals surface area (Å²) in [5, 5.41) is 13.8. The molecule has 0 saturated carbocycles. The van der Waals surface area contributed by atoms with Crippen molar-refractivity contribution in [3.05, 3.63) is 76.4 Å². The fraction of sp³-hybridized carbons (Fsp3) is 0.250. The van der Waals surface area contributed by atoms with Gasteiger partial charge < -0.3 is 10.1 Å². The van der Waals surface area contributed by atoms with Gasteiger partial charge in [-0.05, 0) is 29.3 Å². The molecule has 0 aromatic heterocycles. The third kappa shape index (κ3) is 8.04. The Bertz CT molecular complexity index is 1040. The maximum atomic E-state index is 12.1. The molecule has 166 valence electrons. The first-order valence-electron chi connectivity index (χ1n) is 9.10. The highest BCUT2D eigenvalue weighted by Crippen LogP contribution is 2.29. The molecule has 31 heavy (non-hydrogen) atoms. The molecule has 0 aliphatic carbocycles. The summed E-state index contributed by atoms with van der Waals surface area (Å²) in [4.78, 5) is 22.7. The van der Waals surface area contributed by atoms with Crippen molar-refractivity contribution in [2.75, 3.05) is 24.7 Å². The van der Waals surface area contributed by atoms with Crippen molar-refractivity contribution in [2.24, 2.45) is 0 Å². The summed E-state index contributed by atoms with van der Waals surface area (Å²) >= 11 is 1.32. The Kier molecular flexibility index (Phi) is 9.03. The second kappa shape index (κ2) is 11.5. The van der Waals surface area contributed by atoms with Gasteiger partial charge in [0.15, 0.2) is 5.75 Å². The third-order valence-electron chi connectivity index (χ3n) is 3.98. The lowest BCUT2D eigenvalue weighted by Crippen LogP contribution is -2.25. The van der Waals surface area contributed by atoms with E-state index in [0.29, 0.717) is 22.6 Å². The number of nitrogens with zero attached hydrogens (tertiary/aromatic N) is 1. The first kappa shape index (κ1) is 24.4. The molecule has 11 heteroatoms. The Hall–Kier alpha value is -2.89. The van der Waals surface area contributed by atoms with Crippen LogP contribution in [0.3, 0.4) is 0 Å².